The minimum atomic E-state index is 0.0862. The maximum Gasteiger partial charge on any atom is 0.323 e. The van der Waals surface area contributed by atoms with Gasteiger partial charge in [0.25, 0.3) is 0 Å². The van der Waals surface area contributed by atoms with Crippen LogP contribution in [-0.2, 0) is 5.41 Å². The SMILES string of the molecule is CN(C)C(=O)N1CC2(CCN(C3CCN(c4cnccn4)CC3)CC2)c2ccccc21. The van der Waals surface area contributed by atoms with Crippen molar-refractivity contribution in [3.63, 3.8) is 0 Å². The summed E-state index contributed by atoms with van der Waals surface area (Å²) in [5.41, 5.74) is 2.56. The molecule has 1 spiro atoms. The number of anilines is 2. The summed E-state index contributed by atoms with van der Waals surface area (Å²) < 4.78 is 0. The zero-order valence-corrected chi connectivity index (χ0v) is 18.6. The van der Waals surface area contributed by atoms with Gasteiger partial charge in [0, 0.05) is 63.3 Å². The molecular weight excluding hydrogens is 388 g/mol. The Labute approximate surface area is 184 Å². The number of piperidine rings is 2. The van der Waals surface area contributed by atoms with E-state index in [2.05, 4.69) is 38.0 Å². The third-order valence-corrected chi connectivity index (χ3v) is 7.45. The van der Waals surface area contributed by atoms with Crippen LogP contribution in [0.1, 0.15) is 31.2 Å². The number of rotatable bonds is 2. The number of amides is 2. The van der Waals surface area contributed by atoms with Crippen LogP contribution in [0.2, 0.25) is 0 Å². The van der Waals surface area contributed by atoms with Crippen molar-refractivity contribution in [2.45, 2.75) is 37.1 Å². The van der Waals surface area contributed by atoms with Gasteiger partial charge in [-0.25, -0.2) is 9.78 Å². The number of hydrogen-bond donors (Lipinski definition) is 0. The van der Waals surface area contributed by atoms with Crippen molar-refractivity contribution in [1.82, 2.24) is 19.8 Å². The fourth-order valence-corrected chi connectivity index (χ4v) is 5.70. The first-order chi connectivity index (χ1) is 15.1. The summed E-state index contributed by atoms with van der Waals surface area (Å²) in [4.78, 5) is 30.2. The van der Waals surface area contributed by atoms with Crippen LogP contribution in [-0.4, -0.2) is 78.7 Å². The van der Waals surface area contributed by atoms with Gasteiger partial charge >= 0.3 is 6.03 Å². The van der Waals surface area contributed by atoms with Crippen molar-refractivity contribution in [3.05, 3.63) is 48.4 Å². The lowest BCUT2D eigenvalue weighted by atomic mass is 9.74. The number of para-hydroxylation sites is 1. The molecule has 2 saturated heterocycles. The Balaban J connectivity index is 1.24. The van der Waals surface area contributed by atoms with Crippen molar-refractivity contribution in [2.24, 2.45) is 0 Å². The minimum absolute atomic E-state index is 0.0862. The number of aromatic nitrogens is 2. The zero-order valence-electron chi connectivity index (χ0n) is 18.6. The third-order valence-electron chi connectivity index (χ3n) is 7.45. The molecule has 0 aliphatic carbocycles. The Hall–Kier alpha value is -2.67. The second kappa shape index (κ2) is 8.11. The monoisotopic (exact) mass is 420 g/mol. The van der Waals surface area contributed by atoms with Gasteiger partial charge in [-0.15, -0.1) is 0 Å². The van der Waals surface area contributed by atoms with Crippen molar-refractivity contribution < 1.29 is 4.79 Å². The van der Waals surface area contributed by atoms with E-state index in [-0.39, 0.29) is 11.4 Å². The molecule has 0 saturated carbocycles. The molecule has 2 aromatic rings. The molecule has 3 aliphatic rings. The van der Waals surface area contributed by atoms with Crippen molar-refractivity contribution in [2.75, 3.05) is 56.6 Å². The van der Waals surface area contributed by atoms with E-state index in [1.165, 1.54) is 18.4 Å². The number of carbonyl (C=O) groups is 1. The number of benzene rings is 1. The summed E-state index contributed by atoms with van der Waals surface area (Å²) in [5.74, 6) is 0.992. The van der Waals surface area contributed by atoms with Gasteiger partial charge in [-0.1, -0.05) is 18.2 Å². The largest absolute Gasteiger partial charge is 0.355 e. The Morgan fingerprint density at radius 2 is 1.81 bits per heavy atom. The molecule has 2 amide bonds. The van der Waals surface area contributed by atoms with Crippen molar-refractivity contribution in [3.8, 4) is 0 Å². The maximum atomic E-state index is 12.8. The topological polar surface area (TPSA) is 55.8 Å². The highest BCUT2D eigenvalue weighted by atomic mass is 16.2. The molecule has 0 N–H and O–H groups in total. The van der Waals surface area contributed by atoms with Crippen molar-refractivity contribution in [1.29, 1.82) is 0 Å². The molecule has 3 aliphatic heterocycles. The molecule has 31 heavy (non-hydrogen) atoms. The molecule has 0 unspecified atom stereocenters. The third kappa shape index (κ3) is 3.65. The molecule has 0 bridgehead atoms. The van der Waals surface area contributed by atoms with Gasteiger partial charge in [0.15, 0.2) is 0 Å². The van der Waals surface area contributed by atoms with Crippen LogP contribution >= 0.6 is 0 Å². The van der Waals surface area contributed by atoms with Gasteiger partial charge in [0.1, 0.15) is 5.82 Å². The first kappa shape index (κ1) is 20.2. The molecular formula is C24H32N6O. The predicted molar refractivity (Wildman–Crippen MR) is 123 cm³/mol. The molecule has 0 atom stereocenters. The number of hydrogen-bond acceptors (Lipinski definition) is 5. The highest BCUT2D eigenvalue weighted by Gasteiger charge is 2.47. The van der Waals surface area contributed by atoms with Crippen molar-refractivity contribution >= 4 is 17.5 Å². The molecule has 0 radical (unpaired) electrons. The molecule has 4 heterocycles. The quantitative estimate of drug-likeness (QED) is 0.748. The van der Waals surface area contributed by atoms with Gasteiger partial charge in [-0.2, -0.15) is 0 Å². The normalized spacial score (nSPS) is 21.4. The Morgan fingerprint density at radius 1 is 1.06 bits per heavy atom. The Kier molecular flexibility index (Phi) is 5.30. The van der Waals surface area contributed by atoms with E-state index in [1.807, 2.05) is 31.3 Å². The van der Waals surface area contributed by atoms with E-state index in [0.717, 1.165) is 57.1 Å². The van der Waals surface area contributed by atoms with Crippen LogP contribution in [0.4, 0.5) is 16.3 Å². The second-order valence-electron chi connectivity index (χ2n) is 9.38. The number of likely N-dealkylation sites (tertiary alicyclic amines) is 1. The van der Waals surface area contributed by atoms with E-state index >= 15 is 0 Å². The van der Waals surface area contributed by atoms with Gasteiger partial charge < -0.3 is 14.7 Å². The number of urea groups is 1. The van der Waals surface area contributed by atoms with Crippen LogP contribution in [0.3, 0.4) is 0 Å². The van der Waals surface area contributed by atoms with Crippen LogP contribution < -0.4 is 9.80 Å². The van der Waals surface area contributed by atoms with Crippen LogP contribution in [0.15, 0.2) is 42.9 Å². The average molecular weight is 421 g/mol. The van der Waals surface area contributed by atoms with Crippen LogP contribution in [0.25, 0.3) is 0 Å². The fourth-order valence-electron chi connectivity index (χ4n) is 5.70. The summed E-state index contributed by atoms with van der Waals surface area (Å²) in [7, 11) is 3.68. The number of fused-ring (bicyclic) bond motifs is 2. The number of carbonyl (C=O) groups excluding carboxylic acids is 1. The number of nitrogens with zero attached hydrogens (tertiary/aromatic N) is 6. The van der Waals surface area contributed by atoms with E-state index in [1.54, 1.807) is 17.3 Å². The van der Waals surface area contributed by atoms with Gasteiger partial charge in [-0.05, 0) is 50.4 Å². The fraction of sp³-hybridized carbons (Fsp3) is 0.542. The highest BCUT2D eigenvalue weighted by Crippen LogP contribution is 2.47. The smallest absolute Gasteiger partial charge is 0.323 e. The van der Waals surface area contributed by atoms with E-state index in [9.17, 15) is 4.79 Å². The lowest BCUT2D eigenvalue weighted by Crippen LogP contribution is -2.52. The zero-order chi connectivity index (χ0) is 21.4. The first-order valence-electron chi connectivity index (χ1n) is 11.4. The standard InChI is InChI=1S/C24H32N6O/c1-27(2)23(31)30-18-24(20-5-3-4-6-21(20)30)9-15-28(16-10-24)19-7-13-29(14-8-19)22-17-25-11-12-26-22/h3-6,11-12,17,19H,7-10,13-16,18H2,1-2H3. The summed E-state index contributed by atoms with van der Waals surface area (Å²) in [6.07, 6.45) is 9.95. The van der Waals surface area contributed by atoms with E-state index in [4.69, 9.17) is 0 Å². The molecule has 7 heteroatoms. The predicted octanol–water partition coefficient (Wildman–Crippen LogP) is 2.98. The van der Waals surface area contributed by atoms with Crippen LogP contribution in [0, 0.1) is 0 Å². The maximum absolute atomic E-state index is 12.8. The van der Waals surface area contributed by atoms with E-state index < -0.39 is 0 Å². The Morgan fingerprint density at radius 3 is 2.48 bits per heavy atom. The molecule has 7 nitrogen and oxygen atoms in total. The van der Waals surface area contributed by atoms with Crippen LogP contribution in [0.5, 0.6) is 0 Å². The molecule has 2 fully saturated rings. The highest BCUT2D eigenvalue weighted by molar-refractivity contribution is 5.95. The second-order valence-corrected chi connectivity index (χ2v) is 9.38. The lowest BCUT2D eigenvalue weighted by molar-refractivity contribution is 0.104. The van der Waals surface area contributed by atoms with Gasteiger partial charge in [0.2, 0.25) is 0 Å². The van der Waals surface area contributed by atoms with Gasteiger partial charge in [0.05, 0.1) is 6.20 Å². The molecule has 5 rings (SSSR count). The first-order valence-corrected chi connectivity index (χ1v) is 11.4. The molecule has 1 aromatic carbocycles. The minimum Gasteiger partial charge on any atom is -0.355 e. The summed E-state index contributed by atoms with van der Waals surface area (Å²) >= 11 is 0. The summed E-state index contributed by atoms with van der Waals surface area (Å²) in [6.45, 7) is 5.10. The van der Waals surface area contributed by atoms with E-state index in [0.29, 0.717) is 6.04 Å². The van der Waals surface area contributed by atoms with Gasteiger partial charge in [-0.3, -0.25) is 9.88 Å². The lowest BCUT2D eigenvalue weighted by Gasteiger charge is -2.45. The Bertz CT molecular complexity index is 917. The summed E-state index contributed by atoms with van der Waals surface area (Å²) in [5, 5.41) is 0. The summed E-state index contributed by atoms with van der Waals surface area (Å²) in [6, 6.07) is 9.25. The molecule has 1 aromatic heterocycles. The molecule has 164 valence electrons. The average Bonchev–Trinajstić information content (AvgIpc) is 3.14.